The van der Waals surface area contributed by atoms with E-state index in [0.717, 1.165) is 12.8 Å². The summed E-state index contributed by atoms with van der Waals surface area (Å²) in [5, 5.41) is 18.4. The molecule has 6 nitrogen and oxygen atoms in total. The summed E-state index contributed by atoms with van der Waals surface area (Å²) in [6, 6.07) is -0.128. The molecular weight excluding hydrogens is 248 g/mol. The van der Waals surface area contributed by atoms with Gasteiger partial charge in [0, 0.05) is 26.7 Å². The van der Waals surface area contributed by atoms with Crippen LogP contribution >= 0.6 is 0 Å². The lowest BCUT2D eigenvalue weighted by Gasteiger charge is -2.35. The molecule has 2 N–H and O–H groups in total. The van der Waals surface area contributed by atoms with Crippen LogP contribution in [0.4, 0.5) is 4.79 Å². The highest BCUT2D eigenvalue weighted by Crippen LogP contribution is 2.21. The summed E-state index contributed by atoms with van der Waals surface area (Å²) in [6.07, 6.45) is 1.26. The first-order chi connectivity index (χ1) is 8.82. The van der Waals surface area contributed by atoms with Crippen LogP contribution in [0.2, 0.25) is 0 Å². The molecule has 0 aromatic carbocycles. The number of likely N-dealkylation sites (tertiary alicyclic amines) is 1. The fourth-order valence-electron chi connectivity index (χ4n) is 2.38. The predicted molar refractivity (Wildman–Crippen MR) is 70.8 cm³/mol. The molecule has 0 saturated carbocycles. The number of amides is 2. The zero-order chi connectivity index (χ0) is 14.6. The number of piperidine rings is 1. The van der Waals surface area contributed by atoms with Crippen LogP contribution in [0.25, 0.3) is 0 Å². The molecule has 0 bridgehead atoms. The molecule has 110 valence electrons. The van der Waals surface area contributed by atoms with Crippen molar-refractivity contribution in [3.05, 3.63) is 0 Å². The molecule has 1 heterocycles. The Labute approximate surface area is 114 Å². The summed E-state index contributed by atoms with van der Waals surface area (Å²) >= 11 is 0. The molecule has 19 heavy (non-hydrogen) atoms. The molecule has 0 radical (unpaired) electrons. The lowest BCUT2D eigenvalue weighted by atomic mass is 9.92. The average Bonchev–Trinajstić information content (AvgIpc) is 2.37. The highest BCUT2D eigenvalue weighted by molar-refractivity contribution is 5.76. The van der Waals surface area contributed by atoms with Gasteiger partial charge in [-0.1, -0.05) is 6.92 Å². The predicted octanol–water partition coefficient (Wildman–Crippen LogP) is 0.852. The van der Waals surface area contributed by atoms with Gasteiger partial charge in [0.1, 0.15) is 0 Å². The molecule has 0 spiro atoms. The molecule has 2 atom stereocenters. The maximum Gasteiger partial charge on any atom is 0.319 e. The molecule has 6 heteroatoms. The third-order valence-corrected chi connectivity index (χ3v) is 3.79. The Bertz CT molecular complexity index is 325. The van der Waals surface area contributed by atoms with Gasteiger partial charge in [0.25, 0.3) is 0 Å². The van der Waals surface area contributed by atoms with Crippen LogP contribution in [0.15, 0.2) is 0 Å². The maximum atomic E-state index is 12.1. The van der Waals surface area contributed by atoms with E-state index in [-0.39, 0.29) is 24.6 Å². The van der Waals surface area contributed by atoms with Gasteiger partial charge in [-0.05, 0) is 25.7 Å². The molecule has 0 aromatic rings. The van der Waals surface area contributed by atoms with Crippen molar-refractivity contribution in [2.75, 3.05) is 26.7 Å². The first-order valence-electron chi connectivity index (χ1n) is 6.73. The number of carboxylic acids is 1. The number of hydrogen-bond donors (Lipinski definition) is 2. The number of hydrogen-bond acceptors (Lipinski definition) is 3. The van der Waals surface area contributed by atoms with Gasteiger partial charge >= 0.3 is 12.0 Å². The minimum absolute atomic E-state index is 0.128. The van der Waals surface area contributed by atoms with E-state index < -0.39 is 11.9 Å². The summed E-state index contributed by atoms with van der Waals surface area (Å²) in [7, 11) is 1.63. The molecule has 1 aliphatic heterocycles. The molecule has 0 aliphatic carbocycles. The number of nitrogens with zero attached hydrogens (tertiary/aromatic N) is 2. The van der Waals surface area contributed by atoms with E-state index in [1.54, 1.807) is 25.8 Å². The van der Waals surface area contributed by atoms with E-state index in [2.05, 4.69) is 0 Å². The highest BCUT2D eigenvalue weighted by Gasteiger charge is 2.28. The van der Waals surface area contributed by atoms with Crippen molar-refractivity contribution in [1.29, 1.82) is 0 Å². The van der Waals surface area contributed by atoms with Gasteiger partial charge in [-0.3, -0.25) is 4.79 Å². The SMILES string of the molecule is CC(CN(C)C(=O)N1CCC(C(C)O)CC1)C(=O)O. The van der Waals surface area contributed by atoms with Crippen LogP contribution in [0.5, 0.6) is 0 Å². The molecule has 1 saturated heterocycles. The van der Waals surface area contributed by atoms with Gasteiger partial charge in [-0.25, -0.2) is 4.79 Å². The van der Waals surface area contributed by atoms with Crippen LogP contribution in [0, 0.1) is 11.8 Å². The molecule has 1 aliphatic rings. The Hall–Kier alpha value is -1.30. The number of urea groups is 1. The molecule has 1 rings (SSSR count). The minimum Gasteiger partial charge on any atom is -0.481 e. The fraction of sp³-hybridized carbons (Fsp3) is 0.846. The van der Waals surface area contributed by atoms with Crippen LogP contribution in [-0.4, -0.2) is 64.8 Å². The summed E-state index contributed by atoms with van der Waals surface area (Å²) < 4.78 is 0. The second kappa shape index (κ2) is 6.75. The number of carbonyl (C=O) groups is 2. The van der Waals surface area contributed by atoms with E-state index in [1.807, 2.05) is 0 Å². The van der Waals surface area contributed by atoms with Gasteiger partial charge < -0.3 is 20.0 Å². The zero-order valence-electron chi connectivity index (χ0n) is 11.9. The Balaban J connectivity index is 2.44. The van der Waals surface area contributed by atoms with Crippen molar-refractivity contribution < 1.29 is 19.8 Å². The monoisotopic (exact) mass is 272 g/mol. The van der Waals surface area contributed by atoms with Crippen LogP contribution < -0.4 is 0 Å². The molecule has 2 amide bonds. The summed E-state index contributed by atoms with van der Waals surface area (Å²) in [5.74, 6) is -1.20. The smallest absolute Gasteiger partial charge is 0.319 e. The largest absolute Gasteiger partial charge is 0.481 e. The van der Waals surface area contributed by atoms with Crippen molar-refractivity contribution in [2.45, 2.75) is 32.8 Å². The highest BCUT2D eigenvalue weighted by atomic mass is 16.4. The lowest BCUT2D eigenvalue weighted by molar-refractivity contribution is -0.141. The lowest BCUT2D eigenvalue weighted by Crippen LogP contribution is -2.47. The normalized spacial score (nSPS) is 19.9. The molecular formula is C13H24N2O4. The van der Waals surface area contributed by atoms with Crippen molar-refractivity contribution in [2.24, 2.45) is 11.8 Å². The van der Waals surface area contributed by atoms with Gasteiger partial charge in [-0.15, -0.1) is 0 Å². The van der Waals surface area contributed by atoms with Gasteiger partial charge in [0.15, 0.2) is 0 Å². The Kier molecular flexibility index (Phi) is 5.60. The van der Waals surface area contributed by atoms with Crippen molar-refractivity contribution in [1.82, 2.24) is 9.80 Å². The van der Waals surface area contributed by atoms with Crippen LogP contribution in [0.1, 0.15) is 26.7 Å². The second-order valence-electron chi connectivity index (χ2n) is 5.47. The third-order valence-electron chi connectivity index (χ3n) is 3.79. The topological polar surface area (TPSA) is 81.1 Å². The van der Waals surface area contributed by atoms with Crippen LogP contribution in [-0.2, 0) is 4.79 Å². The van der Waals surface area contributed by atoms with Crippen molar-refractivity contribution in [3.63, 3.8) is 0 Å². The number of aliphatic carboxylic acids is 1. The van der Waals surface area contributed by atoms with E-state index in [4.69, 9.17) is 5.11 Å². The van der Waals surface area contributed by atoms with E-state index in [1.165, 1.54) is 4.90 Å². The fourth-order valence-corrected chi connectivity index (χ4v) is 2.38. The number of aliphatic hydroxyl groups is 1. The Morgan fingerprint density at radius 3 is 2.26 bits per heavy atom. The summed E-state index contributed by atoms with van der Waals surface area (Å²) in [4.78, 5) is 26.1. The Morgan fingerprint density at radius 2 is 1.84 bits per heavy atom. The van der Waals surface area contributed by atoms with Gasteiger partial charge in [0.2, 0.25) is 0 Å². The summed E-state index contributed by atoms with van der Waals surface area (Å²) in [5.41, 5.74) is 0. The standard InChI is InChI=1S/C13H24N2O4/c1-9(12(17)18)8-14(3)13(19)15-6-4-11(5-7-15)10(2)16/h9-11,16H,4-8H2,1-3H3,(H,17,18). The minimum atomic E-state index is -0.896. The number of carboxylic acid groups (broad SMARTS) is 1. The van der Waals surface area contributed by atoms with Crippen molar-refractivity contribution in [3.8, 4) is 0 Å². The van der Waals surface area contributed by atoms with Gasteiger partial charge in [-0.2, -0.15) is 0 Å². The van der Waals surface area contributed by atoms with E-state index >= 15 is 0 Å². The Morgan fingerprint density at radius 1 is 1.32 bits per heavy atom. The van der Waals surface area contributed by atoms with E-state index in [9.17, 15) is 14.7 Å². The maximum absolute atomic E-state index is 12.1. The number of rotatable bonds is 4. The van der Waals surface area contributed by atoms with E-state index in [0.29, 0.717) is 13.1 Å². The first kappa shape index (κ1) is 15.8. The summed E-state index contributed by atoms with van der Waals surface area (Å²) in [6.45, 7) is 4.83. The molecule has 1 fully saturated rings. The average molecular weight is 272 g/mol. The van der Waals surface area contributed by atoms with Crippen LogP contribution in [0.3, 0.4) is 0 Å². The van der Waals surface area contributed by atoms with Gasteiger partial charge in [0.05, 0.1) is 12.0 Å². The molecule has 2 unspecified atom stereocenters. The number of carbonyl (C=O) groups excluding carboxylic acids is 1. The number of aliphatic hydroxyl groups excluding tert-OH is 1. The quantitative estimate of drug-likeness (QED) is 0.795. The molecule has 0 aromatic heterocycles. The van der Waals surface area contributed by atoms with Crippen molar-refractivity contribution >= 4 is 12.0 Å². The third kappa shape index (κ3) is 4.38. The second-order valence-corrected chi connectivity index (χ2v) is 5.47. The zero-order valence-corrected chi connectivity index (χ0v) is 11.9. The first-order valence-corrected chi connectivity index (χ1v) is 6.73.